The Morgan fingerprint density at radius 3 is 2.32 bits per heavy atom. The molecule has 3 aromatic rings. The first-order valence-corrected chi connectivity index (χ1v) is 7.48. The van der Waals surface area contributed by atoms with Crippen molar-refractivity contribution >= 4 is 33.6 Å². The molecule has 0 spiro atoms. The van der Waals surface area contributed by atoms with E-state index < -0.39 is 11.9 Å². The minimum absolute atomic E-state index is 0. The van der Waals surface area contributed by atoms with E-state index in [1.165, 1.54) is 21.7 Å². The van der Waals surface area contributed by atoms with Gasteiger partial charge in [-0.3, -0.25) is 4.98 Å². The van der Waals surface area contributed by atoms with Gasteiger partial charge in [0.1, 0.15) is 0 Å². The number of fused-ring (bicyclic) bond motifs is 3. The second-order valence-corrected chi connectivity index (χ2v) is 5.12. The molecule has 0 saturated carbocycles. The number of carboxylic acids is 2. The Morgan fingerprint density at radius 1 is 1.08 bits per heavy atom. The van der Waals surface area contributed by atoms with Gasteiger partial charge in [0.2, 0.25) is 0 Å². The fourth-order valence-electron chi connectivity index (χ4n) is 2.43. The first-order chi connectivity index (χ1) is 11.5. The molecule has 0 amide bonds. The maximum atomic E-state index is 9.55. The van der Waals surface area contributed by atoms with Crippen molar-refractivity contribution in [1.82, 2.24) is 15.7 Å². The lowest BCUT2D eigenvalue weighted by Crippen LogP contribution is -1.94. The van der Waals surface area contributed by atoms with Crippen LogP contribution < -0.4 is 6.15 Å². The van der Waals surface area contributed by atoms with Gasteiger partial charge in [-0.1, -0.05) is 19.1 Å². The van der Waals surface area contributed by atoms with Gasteiger partial charge in [-0.25, -0.2) is 9.59 Å². The van der Waals surface area contributed by atoms with Crippen LogP contribution in [0.25, 0.3) is 21.7 Å². The molecule has 5 N–H and O–H groups in total. The summed E-state index contributed by atoms with van der Waals surface area (Å²) in [5, 5.41) is 19.4. The maximum absolute atomic E-state index is 9.55. The van der Waals surface area contributed by atoms with E-state index in [-0.39, 0.29) is 6.15 Å². The van der Waals surface area contributed by atoms with Crippen molar-refractivity contribution in [2.45, 2.75) is 19.9 Å². The van der Waals surface area contributed by atoms with E-state index in [0.29, 0.717) is 12.2 Å². The van der Waals surface area contributed by atoms with Gasteiger partial charge in [0.05, 0.1) is 5.52 Å². The van der Waals surface area contributed by atoms with Crippen molar-refractivity contribution in [3.63, 3.8) is 0 Å². The van der Waals surface area contributed by atoms with Gasteiger partial charge in [0, 0.05) is 48.1 Å². The number of carboxylic acid groups (broad SMARTS) is 2. The molecule has 0 aliphatic carbocycles. The van der Waals surface area contributed by atoms with Crippen molar-refractivity contribution in [1.29, 1.82) is 0 Å². The summed E-state index contributed by atoms with van der Waals surface area (Å²) in [6.07, 6.45) is 8.25. The second-order valence-electron chi connectivity index (χ2n) is 5.12. The fraction of sp³-hybridized carbons (Fsp3) is 0.167. The highest BCUT2D eigenvalue weighted by molar-refractivity contribution is 6.05. The molecule has 0 fully saturated rings. The summed E-state index contributed by atoms with van der Waals surface area (Å²) in [7, 11) is 0. The minimum Gasteiger partial charge on any atom is -0.478 e. The number of carbonyl (C=O) groups is 2. The Labute approximate surface area is 144 Å². The zero-order chi connectivity index (χ0) is 17.5. The summed E-state index contributed by atoms with van der Waals surface area (Å²) in [5.74, 6) is -2.51. The summed E-state index contributed by atoms with van der Waals surface area (Å²) in [6, 6.07) is 8.59. The van der Waals surface area contributed by atoms with Crippen LogP contribution in [0.4, 0.5) is 0 Å². The molecule has 1 aromatic carbocycles. The summed E-state index contributed by atoms with van der Waals surface area (Å²) in [5.41, 5.74) is 1.31. The van der Waals surface area contributed by atoms with E-state index in [1.807, 2.05) is 12.4 Å². The Bertz CT molecular complexity index is 884. The van der Waals surface area contributed by atoms with Crippen molar-refractivity contribution in [3.05, 3.63) is 55.0 Å². The quantitative estimate of drug-likeness (QED) is 0.622. The summed E-state index contributed by atoms with van der Waals surface area (Å²) < 4.78 is 2.32. The number of hydrogen-bond donors (Lipinski definition) is 3. The molecule has 0 aliphatic rings. The summed E-state index contributed by atoms with van der Waals surface area (Å²) in [4.78, 5) is 23.3. The number of benzene rings is 1. The van der Waals surface area contributed by atoms with Crippen LogP contribution in [0.15, 0.2) is 55.0 Å². The zero-order valence-corrected chi connectivity index (χ0v) is 13.9. The van der Waals surface area contributed by atoms with Crippen LogP contribution in [-0.4, -0.2) is 31.7 Å². The normalized spacial score (nSPS) is 10.3. The molecule has 25 heavy (non-hydrogen) atoms. The second kappa shape index (κ2) is 9.19. The smallest absolute Gasteiger partial charge is 0.328 e. The average Bonchev–Trinajstić information content (AvgIpc) is 2.97. The maximum Gasteiger partial charge on any atom is 0.328 e. The van der Waals surface area contributed by atoms with E-state index in [9.17, 15) is 9.59 Å². The van der Waals surface area contributed by atoms with E-state index in [2.05, 4.69) is 46.9 Å². The summed E-state index contributed by atoms with van der Waals surface area (Å²) >= 11 is 0. The number of pyridine rings is 1. The number of nitrogens with zero attached hydrogens (tertiary/aromatic N) is 2. The standard InChI is InChI=1S/C14H14N2.C4H4O4.H3N/c1-2-8-16-9-6-12-4-3-11-5-7-15-10-13(11)14(12)16;5-3(6)1-2-4(7)8;/h3-7,9-10H,2,8H2,1H3;1-2H,(H,5,6)(H,7,8);1H3. The molecule has 0 aliphatic heterocycles. The predicted octanol–water partition coefficient (Wildman–Crippen LogP) is 3.47. The van der Waals surface area contributed by atoms with Crippen LogP contribution in [0.1, 0.15) is 13.3 Å². The number of aliphatic carboxylic acids is 2. The van der Waals surface area contributed by atoms with Gasteiger partial charge in [0.15, 0.2) is 0 Å². The monoisotopic (exact) mass is 343 g/mol. The Hall–Kier alpha value is -3.19. The molecule has 0 atom stereocenters. The SMILES string of the molecule is CCCn1ccc2ccc3ccncc3c21.N.O=C(O)C=CC(=O)O. The molecule has 2 heterocycles. The van der Waals surface area contributed by atoms with Crippen molar-refractivity contribution in [3.8, 4) is 0 Å². The van der Waals surface area contributed by atoms with Gasteiger partial charge in [-0.2, -0.15) is 0 Å². The Morgan fingerprint density at radius 2 is 1.72 bits per heavy atom. The first kappa shape index (κ1) is 19.9. The minimum atomic E-state index is -1.26. The van der Waals surface area contributed by atoms with Gasteiger partial charge in [-0.05, 0) is 23.9 Å². The molecular formula is C18H21N3O4. The van der Waals surface area contributed by atoms with Crippen LogP contribution in [0, 0.1) is 0 Å². The fourth-order valence-corrected chi connectivity index (χ4v) is 2.43. The van der Waals surface area contributed by atoms with Gasteiger partial charge < -0.3 is 20.9 Å². The molecule has 7 nitrogen and oxygen atoms in total. The van der Waals surface area contributed by atoms with Gasteiger partial charge in [-0.15, -0.1) is 0 Å². The zero-order valence-electron chi connectivity index (χ0n) is 13.9. The molecule has 2 aromatic heterocycles. The topological polar surface area (TPSA) is 127 Å². The number of aryl methyl sites for hydroxylation is 1. The average molecular weight is 343 g/mol. The third-order valence-electron chi connectivity index (χ3n) is 3.38. The lowest BCUT2D eigenvalue weighted by atomic mass is 10.1. The highest BCUT2D eigenvalue weighted by atomic mass is 16.4. The molecule has 3 rings (SSSR count). The first-order valence-electron chi connectivity index (χ1n) is 7.48. The molecule has 0 unspecified atom stereocenters. The van der Waals surface area contributed by atoms with Crippen molar-refractivity contribution < 1.29 is 19.8 Å². The van der Waals surface area contributed by atoms with E-state index in [1.54, 1.807) is 0 Å². The number of aromatic nitrogens is 2. The lowest BCUT2D eigenvalue weighted by molar-refractivity contribution is -0.134. The van der Waals surface area contributed by atoms with Gasteiger partial charge >= 0.3 is 11.9 Å². The van der Waals surface area contributed by atoms with Crippen molar-refractivity contribution in [2.75, 3.05) is 0 Å². The predicted molar refractivity (Wildman–Crippen MR) is 97.0 cm³/mol. The molecule has 0 bridgehead atoms. The Balaban J connectivity index is 0.000000301. The lowest BCUT2D eigenvalue weighted by Gasteiger charge is -2.05. The highest BCUT2D eigenvalue weighted by Gasteiger charge is 2.04. The Kier molecular flexibility index (Phi) is 7.30. The van der Waals surface area contributed by atoms with Crippen molar-refractivity contribution in [2.24, 2.45) is 0 Å². The molecule has 0 radical (unpaired) electrons. The number of rotatable bonds is 4. The molecule has 132 valence electrons. The third kappa shape index (κ3) is 5.15. The van der Waals surface area contributed by atoms with E-state index >= 15 is 0 Å². The largest absolute Gasteiger partial charge is 0.478 e. The highest BCUT2D eigenvalue weighted by Crippen LogP contribution is 2.25. The van der Waals surface area contributed by atoms with E-state index in [0.717, 1.165) is 13.0 Å². The van der Waals surface area contributed by atoms with Crippen LogP contribution in [0.3, 0.4) is 0 Å². The molecular weight excluding hydrogens is 322 g/mol. The molecule has 0 saturated heterocycles. The van der Waals surface area contributed by atoms with Crippen LogP contribution in [-0.2, 0) is 16.1 Å². The number of hydrogen-bond acceptors (Lipinski definition) is 4. The van der Waals surface area contributed by atoms with Crippen LogP contribution in [0.2, 0.25) is 0 Å². The summed E-state index contributed by atoms with van der Waals surface area (Å²) in [6.45, 7) is 3.27. The van der Waals surface area contributed by atoms with Gasteiger partial charge in [0.25, 0.3) is 0 Å². The van der Waals surface area contributed by atoms with E-state index in [4.69, 9.17) is 10.2 Å². The third-order valence-corrected chi connectivity index (χ3v) is 3.38. The van der Waals surface area contributed by atoms with Crippen LogP contribution in [0.5, 0.6) is 0 Å². The molecule has 7 heteroatoms. The van der Waals surface area contributed by atoms with Crippen LogP contribution >= 0.6 is 0 Å².